The summed E-state index contributed by atoms with van der Waals surface area (Å²) in [4.78, 5) is 29.9. The van der Waals surface area contributed by atoms with Gasteiger partial charge < -0.3 is 10.0 Å². The normalized spacial score (nSPS) is 21.5. The van der Waals surface area contributed by atoms with Crippen molar-refractivity contribution in [1.82, 2.24) is 24.8 Å². The number of likely N-dealkylation sites (tertiary alicyclic amines) is 1. The van der Waals surface area contributed by atoms with Crippen LogP contribution in [0, 0.1) is 0 Å². The molecule has 158 valence electrons. The molecular weight excluding hydrogens is 390 g/mol. The van der Waals surface area contributed by atoms with Gasteiger partial charge in [-0.3, -0.25) is 14.7 Å². The summed E-state index contributed by atoms with van der Waals surface area (Å²) in [5.74, 6) is 0.329. The first kappa shape index (κ1) is 19.8. The van der Waals surface area contributed by atoms with E-state index in [9.17, 15) is 9.90 Å². The molecule has 7 heteroatoms. The average molecular weight is 415 g/mol. The number of hydrogen-bond donors (Lipinski definition) is 1. The summed E-state index contributed by atoms with van der Waals surface area (Å²) >= 11 is 0. The van der Waals surface area contributed by atoms with Gasteiger partial charge in [-0.2, -0.15) is 0 Å². The standard InChI is InChI=1S/C24H25N5O2/c30-22-16-29(14-9-21(22)28-13-8-17-3-1-2-4-19(17)15-28)24(31)20-7-12-26-23(27-20)18-5-10-25-11-6-18/h1-7,10-12,21-22,30H,8-9,13-16H2/t21-,22-/m1/s1. The van der Waals surface area contributed by atoms with E-state index in [1.165, 1.54) is 11.1 Å². The van der Waals surface area contributed by atoms with Gasteiger partial charge in [-0.15, -0.1) is 0 Å². The highest BCUT2D eigenvalue weighted by Gasteiger charge is 2.35. The third-order valence-electron chi connectivity index (χ3n) is 6.28. The van der Waals surface area contributed by atoms with Crippen molar-refractivity contribution < 1.29 is 9.90 Å². The number of carbonyl (C=O) groups is 1. The molecule has 2 aliphatic rings. The van der Waals surface area contributed by atoms with Crippen LogP contribution >= 0.6 is 0 Å². The maximum absolute atomic E-state index is 13.1. The molecule has 0 aliphatic carbocycles. The lowest BCUT2D eigenvalue weighted by molar-refractivity contribution is -0.0139. The molecule has 31 heavy (non-hydrogen) atoms. The maximum atomic E-state index is 13.1. The monoisotopic (exact) mass is 415 g/mol. The van der Waals surface area contributed by atoms with Crippen LogP contribution < -0.4 is 0 Å². The van der Waals surface area contributed by atoms with Gasteiger partial charge in [0.15, 0.2) is 5.82 Å². The zero-order valence-corrected chi connectivity index (χ0v) is 17.3. The van der Waals surface area contributed by atoms with E-state index in [0.29, 0.717) is 24.6 Å². The first-order chi connectivity index (χ1) is 15.2. The van der Waals surface area contributed by atoms with Gasteiger partial charge in [-0.1, -0.05) is 24.3 Å². The van der Waals surface area contributed by atoms with Crippen molar-refractivity contribution >= 4 is 5.91 Å². The fourth-order valence-electron chi connectivity index (χ4n) is 4.61. The predicted octanol–water partition coefficient (Wildman–Crippen LogP) is 2.17. The van der Waals surface area contributed by atoms with Crippen LogP contribution in [-0.4, -0.2) is 67.5 Å². The fourth-order valence-corrected chi connectivity index (χ4v) is 4.61. The fraction of sp³-hybridized carbons (Fsp3) is 0.333. The molecule has 2 aliphatic heterocycles. The van der Waals surface area contributed by atoms with Gasteiger partial charge in [0.05, 0.1) is 6.10 Å². The smallest absolute Gasteiger partial charge is 0.272 e. The number of pyridine rings is 1. The minimum atomic E-state index is -0.579. The largest absolute Gasteiger partial charge is 0.390 e. The van der Waals surface area contributed by atoms with Gasteiger partial charge in [0.2, 0.25) is 0 Å². The second kappa shape index (κ2) is 8.53. The number of piperidine rings is 1. The second-order valence-electron chi connectivity index (χ2n) is 8.17. The van der Waals surface area contributed by atoms with Gasteiger partial charge >= 0.3 is 0 Å². The minimum absolute atomic E-state index is 0.0650. The van der Waals surface area contributed by atoms with Gasteiger partial charge in [0, 0.05) is 56.4 Å². The number of β-amino-alcohol motifs (C(OH)–C–C–N with tert-alkyl or cyclic N) is 1. The number of rotatable bonds is 3. The van der Waals surface area contributed by atoms with Gasteiger partial charge in [0.1, 0.15) is 5.69 Å². The predicted molar refractivity (Wildman–Crippen MR) is 116 cm³/mol. The molecule has 2 atom stereocenters. The highest BCUT2D eigenvalue weighted by atomic mass is 16.3. The van der Waals surface area contributed by atoms with E-state index in [-0.39, 0.29) is 11.9 Å². The van der Waals surface area contributed by atoms with Gasteiger partial charge in [0.25, 0.3) is 5.91 Å². The van der Waals surface area contributed by atoms with Crippen LogP contribution in [-0.2, 0) is 13.0 Å². The lowest BCUT2D eigenvalue weighted by atomic mass is 9.94. The first-order valence-electron chi connectivity index (χ1n) is 10.7. The van der Waals surface area contributed by atoms with Crippen LogP contribution in [0.25, 0.3) is 11.4 Å². The Morgan fingerprint density at radius 2 is 1.81 bits per heavy atom. The number of aliphatic hydroxyl groups excluding tert-OH is 1. The molecule has 0 bridgehead atoms. The Kier molecular flexibility index (Phi) is 5.44. The molecule has 3 aromatic rings. The molecule has 0 radical (unpaired) electrons. The van der Waals surface area contributed by atoms with E-state index >= 15 is 0 Å². The van der Waals surface area contributed by atoms with Crippen LogP contribution in [0.5, 0.6) is 0 Å². The van der Waals surface area contributed by atoms with Crippen molar-refractivity contribution in [2.24, 2.45) is 0 Å². The van der Waals surface area contributed by atoms with Crippen molar-refractivity contribution in [3.8, 4) is 11.4 Å². The molecule has 1 aromatic carbocycles. The number of carbonyl (C=O) groups excluding carboxylic acids is 1. The molecule has 1 amide bonds. The van der Waals surface area contributed by atoms with Crippen LogP contribution in [0.2, 0.25) is 0 Å². The molecule has 1 fully saturated rings. The van der Waals surface area contributed by atoms with Gasteiger partial charge in [-0.25, -0.2) is 9.97 Å². The van der Waals surface area contributed by atoms with Crippen LogP contribution in [0.15, 0.2) is 61.1 Å². The number of benzene rings is 1. The summed E-state index contributed by atoms with van der Waals surface area (Å²) in [6.07, 6.45) is 6.12. The third kappa shape index (κ3) is 4.06. The Balaban J connectivity index is 1.26. The number of amides is 1. The Labute approximate surface area is 181 Å². The van der Waals surface area contributed by atoms with E-state index in [1.807, 2.05) is 12.1 Å². The zero-order chi connectivity index (χ0) is 21.2. The van der Waals surface area contributed by atoms with Crippen molar-refractivity contribution in [1.29, 1.82) is 0 Å². The van der Waals surface area contributed by atoms with Gasteiger partial charge in [-0.05, 0) is 42.2 Å². The van der Waals surface area contributed by atoms with Crippen molar-refractivity contribution in [2.45, 2.75) is 31.5 Å². The van der Waals surface area contributed by atoms with Crippen LogP contribution in [0.1, 0.15) is 28.0 Å². The van der Waals surface area contributed by atoms with Crippen molar-refractivity contribution in [3.63, 3.8) is 0 Å². The number of nitrogens with zero attached hydrogens (tertiary/aromatic N) is 5. The molecule has 7 nitrogen and oxygen atoms in total. The quantitative estimate of drug-likeness (QED) is 0.706. The number of aliphatic hydroxyl groups is 1. The minimum Gasteiger partial charge on any atom is -0.390 e. The second-order valence-corrected chi connectivity index (χ2v) is 8.17. The molecule has 0 spiro atoms. The lowest BCUT2D eigenvalue weighted by Gasteiger charge is -2.43. The summed E-state index contributed by atoms with van der Waals surface area (Å²) in [5, 5.41) is 10.9. The Bertz CT molecular complexity index is 1070. The SMILES string of the molecule is O=C(c1ccnc(-c2ccncc2)n1)N1CC[C@@H](N2CCc3ccccc3C2)[C@H](O)C1. The van der Waals surface area contributed by atoms with Crippen molar-refractivity contribution in [2.75, 3.05) is 19.6 Å². The molecule has 4 heterocycles. The molecule has 1 N–H and O–H groups in total. The van der Waals surface area contributed by atoms with E-state index in [4.69, 9.17) is 0 Å². The van der Waals surface area contributed by atoms with Crippen molar-refractivity contribution in [3.05, 3.63) is 77.9 Å². The van der Waals surface area contributed by atoms with E-state index in [2.05, 4.69) is 44.1 Å². The number of aromatic nitrogens is 3. The average Bonchev–Trinajstić information content (AvgIpc) is 2.84. The summed E-state index contributed by atoms with van der Waals surface area (Å²) in [6, 6.07) is 13.8. The summed E-state index contributed by atoms with van der Waals surface area (Å²) in [7, 11) is 0. The Hall–Kier alpha value is -3.16. The molecule has 0 unspecified atom stereocenters. The molecule has 2 aromatic heterocycles. The van der Waals surface area contributed by atoms with E-state index < -0.39 is 6.10 Å². The highest BCUT2D eigenvalue weighted by Crippen LogP contribution is 2.26. The highest BCUT2D eigenvalue weighted by molar-refractivity contribution is 5.92. The Morgan fingerprint density at radius 3 is 2.61 bits per heavy atom. The lowest BCUT2D eigenvalue weighted by Crippen LogP contribution is -2.56. The zero-order valence-electron chi connectivity index (χ0n) is 17.3. The summed E-state index contributed by atoms with van der Waals surface area (Å²) < 4.78 is 0. The third-order valence-corrected chi connectivity index (χ3v) is 6.28. The number of hydrogen-bond acceptors (Lipinski definition) is 6. The number of fused-ring (bicyclic) bond motifs is 1. The summed E-state index contributed by atoms with van der Waals surface area (Å²) in [5.41, 5.74) is 3.90. The van der Waals surface area contributed by atoms with Crippen LogP contribution in [0.3, 0.4) is 0 Å². The van der Waals surface area contributed by atoms with E-state index in [0.717, 1.165) is 31.5 Å². The topological polar surface area (TPSA) is 82.5 Å². The van der Waals surface area contributed by atoms with Crippen LogP contribution in [0.4, 0.5) is 0 Å². The Morgan fingerprint density at radius 1 is 1.00 bits per heavy atom. The maximum Gasteiger partial charge on any atom is 0.272 e. The first-order valence-corrected chi connectivity index (χ1v) is 10.7. The summed E-state index contributed by atoms with van der Waals surface area (Å²) in [6.45, 7) is 2.71. The molecular formula is C24H25N5O2. The molecule has 0 saturated carbocycles. The molecule has 5 rings (SSSR count). The molecule has 1 saturated heterocycles. The van der Waals surface area contributed by atoms with E-state index in [1.54, 1.807) is 29.6 Å².